The van der Waals surface area contributed by atoms with Crippen LogP contribution in [0, 0.1) is 6.92 Å². The molecule has 5 N–H and O–H groups in total. The van der Waals surface area contributed by atoms with E-state index in [2.05, 4.69) is 20.0 Å². The molecule has 33 heavy (non-hydrogen) atoms. The number of hydrogen-bond acceptors (Lipinski definition) is 9. The number of alkyl halides is 3. The summed E-state index contributed by atoms with van der Waals surface area (Å²) in [6.07, 6.45) is -2.45. The molecule has 1 fully saturated rings. The van der Waals surface area contributed by atoms with E-state index in [1.165, 1.54) is 6.92 Å². The van der Waals surface area contributed by atoms with Crippen molar-refractivity contribution in [1.82, 2.24) is 14.7 Å². The van der Waals surface area contributed by atoms with Crippen LogP contribution in [0.4, 0.5) is 30.6 Å². The van der Waals surface area contributed by atoms with Gasteiger partial charge in [0.25, 0.3) is 0 Å². The fourth-order valence-corrected chi connectivity index (χ4v) is 4.15. The lowest BCUT2D eigenvalue weighted by Crippen LogP contribution is -2.36. The minimum absolute atomic E-state index is 0.0222. The zero-order valence-electron chi connectivity index (χ0n) is 18.6. The Kier molecular flexibility index (Phi) is 7.44. The molecule has 1 unspecified atom stereocenters. The Balaban J connectivity index is 1.85. The third-order valence-corrected chi connectivity index (χ3v) is 6.22. The van der Waals surface area contributed by atoms with Crippen molar-refractivity contribution in [2.45, 2.75) is 62.6 Å². The maximum absolute atomic E-state index is 13.7. The number of nitrogens with one attached hydrogen (secondary N) is 2. The van der Waals surface area contributed by atoms with Gasteiger partial charge in [-0.05, 0) is 68.8 Å². The van der Waals surface area contributed by atoms with Gasteiger partial charge in [-0.1, -0.05) is 0 Å². The van der Waals surface area contributed by atoms with Crippen molar-refractivity contribution < 1.29 is 28.5 Å². The van der Waals surface area contributed by atoms with Crippen LogP contribution in [0.2, 0.25) is 0 Å². The maximum Gasteiger partial charge on any atom is 0.421 e. The predicted octanol–water partition coefficient (Wildman–Crippen LogP) is 3.54. The standard InChI is InChI=1S/C21H28F3N5O3S/c1-13-11-14(33-28-20(3,31)32)5-6-16(13)26-18-25-12-15(21(22,23)24)17(27-18)29-9-4-7-19(2,30)8-10-29/h5-6,11-12,28,30-32H,4,7-10H2,1-3H3,(H,25,26,27). The second-order valence-electron chi connectivity index (χ2n) is 8.59. The van der Waals surface area contributed by atoms with E-state index >= 15 is 0 Å². The van der Waals surface area contributed by atoms with Gasteiger partial charge in [-0.3, -0.25) is 0 Å². The molecule has 0 saturated carbocycles. The minimum Gasteiger partial charge on any atom is -0.390 e. The molecule has 2 aromatic rings. The summed E-state index contributed by atoms with van der Waals surface area (Å²) in [5.74, 6) is -2.23. The molecular formula is C21H28F3N5O3S. The first-order valence-electron chi connectivity index (χ1n) is 10.4. The van der Waals surface area contributed by atoms with Crippen LogP contribution < -0.4 is 14.9 Å². The lowest BCUT2D eigenvalue weighted by atomic mass is 9.98. The van der Waals surface area contributed by atoms with E-state index in [0.717, 1.165) is 23.7 Å². The first-order valence-corrected chi connectivity index (χ1v) is 11.2. The average Bonchev–Trinajstić information content (AvgIpc) is 2.87. The second kappa shape index (κ2) is 9.63. The van der Waals surface area contributed by atoms with E-state index in [1.54, 1.807) is 36.9 Å². The SMILES string of the molecule is Cc1cc(SNC(C)(O)O)ccc1Nc1ncc(C(F)(F)F)c(N2CCCC(C)(O)CC2)n1. The summed E-state index contributed by atoms with van der Waals surface area (Å²) >= 11 is 1.02. The van der Waals surface area contributed by atoms with Gasteiger partial charge >= 0.3 is 6.18 Å². The lowest BCUT2D eigenvalue weighted by Gasteiger charge is -2.26. The molecule has 0 aliphatic carbocycles. The molecule has 3 rings (SSSR count). The van der Waals surface area contributed by atoms with Gasteiger partial charge in [0.2, 0.25) is 11.9 Å². The number of rotatable bonds is 6. The molecule has 1 aromatic heterocycles. The lowest BCUT2D eigenvalue weighted by molar-refractivity contribution is -0.150. The number of aryl methyl sites for hydroxylation is 1. The van der Waals surface area contributed by atoms with Crippen LogP contribution in [0.15, 0.2) is 29.3 Å². The zero-order chi connectivity index (χ0) is 24.4. The van der Waals surface area contributed by atoms with Crippen LogP contribution in [0.3, 0.4) is 0 Å². The molecule has 182 valence electrons. The van der Waals surface area contributed by atoms with Gasteiger partial charge in [0.05, 0.1) is 5.60 Å². The third-order valence-electron chi connectivity index (χ3n) is 5.24. The summed E-state index contributed by atoms with van der Waals surface area (Å²) in [4.78, 5) is 10.3. The third kappa shape index (κ3) is 7.18. The van der Waals surface area contributed by atoms with Crippen LogP contribution in [0.5, 0.6) is 0 Å². The molecule has 12 heteroatoms. The van der Waals surface area contributed by atoms with Crippen LogP contribution >= 0.6 is 11.9 Å². The average molecular weight is 488 g/mol. The van der Waals surface area contributed by atoms with Gasteiger partial charge in [0.1, 0.15) is 11.4 Å². The summed E-state index contributed by atoms with van der Waals surface area (Å²) < 4.78 is 43.4. The predicted molar refractivity (Wildman–Crippen MR) is 120 cm³/mol. The summed E-state index contributed by atoms with van der Waals surface area (Å²) in [6, 6.07) is 5.18. The Morgan fingerprint density at radius 1 is 1.18 bits per heavy atom. The van der Waals surface area contributed by atoms with E-state index in [4.69, 9.17) is 0 Å². The van der Waals surface area contributed by atoms with E-state index in [0.29, 0.717) is 36.4 Å². The second-order valence-corrected chi connectivity index (χ2v) is 9.47. The molecule has 8 nitrogen and oxygen atoms in total. The Hall–Kier alpha value is -2.12. The molecule has 2 heterocycles. The summed E-state index contributed by atoms with van der Waals surface area (Å²) in [5, 5.41) is 32.0. The van der Waals surface area contributed by atoms with E-state index < -0.39 is 23.3 Å². The molecule has 1 aliphatic rings. The van der Waals surface area contributed by atoms with Crippen molar-refractivity contribution >= 4 is 29.4 Å². The van der Waals surface area contributed by atoms with Gasteiger partial charge in [0, 0.05) is 36.8 Å². The highest BCUT2D eigenvalue weighted by Crippen LogP contribution is 2.37. The van der Waals surface area contributed by atoms with Gasteiger partial charge < -0.3 is 25.5 Å². The van der Waals surface area contributed by atoms with Crippen LogP contribution in [-0.2, 0) is 6.18 Å². The van der Waals surface area contributed by atoms with Gasteiger partial charge in [-0.25, -0.2) is 9.71 Å². The van der Waals surface area contributed by atoms with Crippen molar-refractivity contribution in [2.75, 3.05) is 23.3 Å². The number of benzene rings is 1. The molecule has 1 atom stereocenters. The molecule has 0 radical (unpaired) electrons. The first kappa shape index (κ1) is 25.5. The zero-order valence-corrected chi connectivity index (χ0v) is 19.4. The molecule has 0 spiro atoms. The van der Waals surface area contributed by atoms with E-state index in [-0.39, 0.29) is 18.3 Å². The molecule has 0 bridgehead atoms. The number of aliphatic hydroxyl groups is 3. The fraction of sp³-hybridized carbons (Fsp3) is 0.524. The number of anilines is 3. The molecule has 0 amide bonds. The monoisotopic (exact) mass is 487 g/mol. The number of hydrogen-bond donors (Lipinski definition) is 5. The Labute approximate surface area is 194 Å². The van der Waals surface area contributed by atoms with Crippen LogP contribution in [0.25, 0.3) is 0 Å². The fourth-order valence-electron chi connectivity index (χ4n) is 3.47. The topological polar surface area (TPSA) is 114 Å². The summed E-state index contributed by atoms with van der Waals surface area (Å²) in [5.41, 5.74) is -0.480. The van der Waals surface area contributed by atoms with Crippen molar-refractivity contribution in [1.29, 1.82) is 0 Å². The Morgan fingerprint density at radius 3 is 2.55 bits per heavy atom. The van der Waals surface area contributed by atoms with Crippen molar-refractivity contribution in [3.63, 3.8) is 0 Å². The Bertz CT molecular complexity index is 983. The Morgan fingerprint density at radius 2 is 1.91 bits per heavy atom. The minimum atomic E-state index is -4.61. The first-order chi connectivity index (χ1) is 15.2. The summed E-state index contributed by atoms with van der Waals surface area (Å²) in [7, 11) is 0. The molecule has 1 aromatic carbocycles. The number of halogens is 3. The number of aromatic nitrogens is 2. The summed E-state index contributed by atoms with van der Waals surface area (Å²) in [6.45, 7) is 5.27. The maximum atomic E-state index is 13.7. The van der Waals surface area contributed by atoms with E-state index in [9.17, 15) is 28.5 Å². The van der Waals surface area contributed by atoms with Crippen molar-refractivity contribution in [2.24, 2.45) is 0 Å². The van der Waals surface area contributed by atoms with Crippen LogP contribution in [0.1, 0.15) is 44.2 Å². The largest absolute Gasteiger partial charge is 0.421 e. The molecule has 1 aliphatic heterocycles. The normalized spacial score (nSPS) is 20.0. The van der Waals surface area contributed by atoms with Gasteiger partial charge in [0.15, 0.2) is 0 Å². The van der Waals surface area contributed by atoms with Crippen molar-refractivity contribution in [3.05, 3.63) is 35.5 Å². The molecule has 1 saturated heterocycles. The van der Waals surface area contributed by atoms with Gasteiger partial charge in [-0.15, -0.1) is 0 Å². The highest BCUT2D eigenvalue weighted by Gasteiger charge is 2.38. The van der Waals surface area contributed by atoms with Crippen molar-refractivity contribution in [3.8, 4) is 0 Å². The molecular weight excluding hydrogens is 459 g/mol. The highest BCUT2D eigenvalue weighted by atomic mass is 32.2. The quantitative estimate of drug-likeness (QED) is 0.308. The van der Waals surface area contributed by atoms with Gasteiger partial charge in [-0.2, -0.15) is 18.2 Å². The van der Waals surface area contributed by atoms with Crippen LogP contribution in [-0.4, -0.2) is 49.9 Å². The van der Waals surface area contributed by atoms with E-state index in [1.807, 2.05) is 0 Å². The number of nitrogens with zero attached hydrogens (tertiary/aromatic N) is 3. The highest BCUT2D eigenvalue weighted by molar-refractivity contribution is 7.97. The smallest absolute Gasteiger partial charge is 0.390 e.